The van der Waals surface area contributed by atoms with Crippen molar-refractivity contribution in [3.8, 4) is 0 Å². The number of β-amino-alcohol motifs (C(OH)–C–C–N with tert-alkyl or cyclic N) is 1. The van der Waals surface area contributed by atoms with Gasteiger partial charge in [0.05, 0.1) is 18.5 Å². The molecule has 1 aliphatic heterocycles. The molecule has 2 atom stereocenters. The lowest BCUT2D eigenvalue weighted by atomic mass is 10.0. The van der Waals surface area contributed by atoms with Gasteiger partial charge in [-0.15, -0.1) is 0 Å². The molecule has 92 valence electrons. The van der Waals surface area contributed by atoms with E-state index in [0.29, 0.717) is 12.4 Å². The van der Waals surface area contributed by atoms with Crippen LogP contribution in [0.2, 0.25) is 0 Å². The molecule has 1 fully saturated rings. The summed E-state index contributed by atoms with van der Waals surface area (Å²) < 4.78 is 0. The molecule has 1 aliphatic rings. The maximum atomic E-state index is 10.6. The Morgan fingerprint density at radius 2 is 2.24 bits per heavy atom. The SMILES string of the molecule is CCC1CN(c2cnc(C(=O)O)cn2)CC1O. The Hall–Kier alpha value is -1.69. The van der Waals surface area contributed by atoms with Gasteiger partial charge in [-0.3, -0.25) is 0 Å². The molecule has 2 heterocycles. The lowest BCUT2D eigenvalue weighted by Gasteiger charge is -2.16. The van der Waals surface area contributed by atoms with Gasteiger partial charge < -0.3 is 15.1 Å². The number of carbonyl (C=O) groups is 1. The average molecular weight is 237 g/mol. The molecule has 6 heteroatoms. The predicted molar refractivity (Wildman–Crippen MR) is 61.0 cm³/mol. The molecule has 2 unspecified atom stereocenters. The van der Waals surface area contributed by atoms with E-state index < -0.39 is 5.97 Å². The van der Waals surface area contributed by atoms with Crippen molar-refractivity contribution in [3.63, 3.8) is 0 Å². The highest BCUT2D eigenvalue weighted by atomic mass is 16.4. The number of aliphatic hydroxyl groups is 1. The lowest BCUT2D eigenvalue weighted by molar-refractivity contribution is 0.0690. The number of hydrogen-bond donors (Lipinski definition) is 2. The summed E-state index contributed by atoms with van der Waals surface area (Å²) in [5.41, 5.74) is -0.0689. The number of aromatic carboxylic acids is 1. The molecule has 0 aromatic carbocycles. The smallest absolute Gasteiger partial charge is 0.356 e. The van der Waals surface area contributed by atoms with Crippen molar-refractivity contribution in [1.82, 2.24) is 9.97 Å². The zero-order chi connectivity index (χ0) is 12.4. The molecule has 0 radical (unpaired) electrons. The van der Waals surface area contributed by atoms with E-state index >= 15 is 0 Å². The molecule has 0 aliphatic carbocycles. The maximum Gasteiger partial charge on any atom is 0.356 e. The summed E-state index contributed by atoms with van der Waals surface area (Å²) in [6, 6.07) is 0. The van der Waals surface area contributed by atoms with Crippen molar-refractivity contribution in [3.05, 3.63) is 18.1 Å². The summed E-state index contributed by atoms with van der Waals surface area (Å²) in [7, 11) is 0. The molecule has 1 aromatic heterocycles. The number of hydrogen-bond acceptors (Lipinski definition) is 5. The van der Waals surface area contributed by atoms with E-state index in [0.717, 1.165) is 13.0 Å². The first kappa shape index (κ1) is 11.8. The molecule has 2 N–H and O–H groups in total. The van der Waals surface area contributed by atoms with Crippen molar-refractivity contribution in [2.45, 2.75) is 19.4 Å². The van der Waals surface area contributed by atoms with Gasteiger partial charge in [0.2, 0.25) is 0 Å². The second kappa shape index (κ2) is 4.67. The van der Waals surface area contributed by atoms with Crippen molar-refractivity contribution >= 4 is 11.8 Å². The van der Waals surface area contributed by atoms with Gasteiger partial charge in [-0.25, -0.2) is 14.8 Å². The first-order chi connectivity index (χ1) is 8.11. The largest absolute Gasteiger partial charge is 0.476 e. The van der Waals surface area contributed by atoms with Crippen LogP contribution in [0, 0.1) is 5.92 Å². The van der Waals surface area contributed by atoms with Crippen LogP contribution < -0.4 is 4.90 Å². The number of nitrogens with zero attached hydrogens (tertiary/aromatic N) is 3. The molecule has 0 spiro atoms. The van der Waals surface area contributed by atoms with E-state index in [-0.39, 0.29) is 17.7 Å². The Morgan fingerprint density at radius 1 is 1.47 bits per heavy atom. The van der Waals surface area contributed by atoms with Gasteiger partial charge in [0, 0.05) is 19.0 Å². The number of rotatable bonds is 3. The number of aromatic nitrogens is 2. The van der Waals surface area contributed by atoms with Gasteiger partial charge in [-0.2, -0.15) is 0 Å². The summed E-state index contributed by atoms with van der Waals surface area (Å²) in [5, 5.41) is 18.5. The number of carboxylic acid groups (broad SMARTS) is 1. The minimum Gasteiger partial charge on any atom is -0.476 e. The van der Waals surface area contributed by atoms with E-state index in [1.807, 2.05) is 11.8 Å². The highest BCUT2D eigenvalue weighted by molar-refractivity contribution is 5.84. The average Bonchev–Trinajstić information content (AvgIpc) is 2.70. The molecular weight excluding hydrogens is 222 g/mol. The fraction of sp³-hybridized carbons (Fsp3) is 0.545. The van der Waals surface area contributed by atoms with Crippen LogP contribution >= 0.6 is 0 Å². The Bertz CT molecular complexity index is 407. The Balaban J connectivity index is 2.11. The van der Waals surface area contributed by atoms with Crippen molar-refractivity contribution in [2.24, 2.45) is 5.92 Å². The molecule has 2 rings (SSSR count). The summed E-state index contributed by atoms with van der Waals surface area (Å²) in [5.74, 6) is -0.224. The van der Waals surface area contributed by atoms with Crippen molar-refractivity contribution < 1.29 is 15.0 Å². The fourth-order valence-electron chi connectivity index (χ4n) is 2.04. The van der Waals surface area contributed by atoms with Gasteiger partial charge >= 0.3 is 5.97 Å². The molecule has 1 saturated heterocycles. The lowest BCUT2D eigenvalue weighted by Crippen LogP contribution is -2.22. The normalized spacial score (nSPS) is 24.0. The molecule has 0 saturated carbocycles. The quantitative estimate of drug-likeness (QED) is 0.790. The minimum absolute atomic E-state index is 0.0689. The van der Waals surface area contributed by atoms with Crippen molar-refractivity contribution in [2.75, 3.05) is 18.0 Å². The molecule has 17 heavy (non-hydrogen) atoms. The molecule has 1 aromatic rings. The maximum absolute atomic E-state index is 10.6. The number of anilines is 1. The van der Waals surface area contributed by atoms with Crippen LogP contribution in [0.3, 0.4) is 0 Å². The summed E-state index contributed by atoms with van der Waals surface area (Å²) in [6.07, 6.45) is 3.25. The van der Waals surface area contributed by atoms with Crippen molar-refractivity contribution in [1.29, 1.82) is 0 Å². The van der Waals surface area contributed by atoms with Crippen LogP contribution in [0.15, 0.2) is 12.4 Å². The fourth-order valence-corrected chi connectivity index (χ4v) is 2.04. The van der Waals surface area contributed by atoms with E-state index in [1.54, 1.807) is 0 Å². The number of carboxylic acids is 1. The number of aliphatic hydroxyl groups excluding tert-OH is 1. The van der Waals surface area contributed by atoms with Crippen LogP contribution in [0.1, 0.15) is 23.8 Å². The van der Waals surface area contributed by atoms with Crippen LogP contribution in [-0.4, -0.2) is 45.3 Å². The van der Waals surface area contributed by atoms with Gasteiger partial charge in [0.15, 0.2) is 5.69 Å². The summed E-state index contributed by atoms with van der Waals surface area (Å²) in [4.78, 5) is 20.4. The predicted octanol–water partition coefficient (Wildman–Crippen LogP) is 0.382. The van der Waals surface area contributed by atoms with Crippen LogP contribution in [0.25, 0.3) is 0 Å². The zero-order valence-corrected chi connectivity index (χ0v) is 9.58. The second-order valence-electron chi connectivity index (χ2n) is 4.21. The van der Waals surface area contributed by atoms with Gasteiger partial charge in [-0.05, 0) is 6.42 Å². The van der Waals surface area contributed by atoms with Gasteiger partial charge in [-0.1, -0.05) is 6.92 Å². The zero-order valence-electron chi connectivity index (χ0n) is 9.58. The third kappa shape index (κ3) is 2.36. The Kier molecular flexibility index (Phi) is 3.23. The first-order valence-corrected chi connectivity index (χ1v) is 5.60. The third-order valence-electron chi connectivity index (χ3n) is 3.11. The first-order valence-electron chi connectivity index (χ1n) is 5.60. The minimum atomic E-state index is -1.09. The molecule has 6 nitrogen and oxygen atoms in total. The summed E-state index contributed by atoms with van der Waals surface area (Å²) >= 11 is 0. The monoisotopic (exact) mass is 237 g/mol. The summed E-state index contributed by atoms with van der Waals surface area (Å²) in [6.45, 7) is 3.30. The van der Waals surface area contributed by atoms with Crippen LogP contribution in [-0.2, 0) is 0 Å². The topological polar surface area (TPSA) is 86.6 Å². The molecular formula is C11H15N3O3. The van der Waals surface area contributed by atoms with Gasteiger partial charge in [0.25, 0.3) is 0 Å². The van der Waals surface area contributed by atoms with Gasteiger partial charge in [0.1, 0.15) is 5.82 Å². The van der Waals surface area contributed by atoms with E-state index in [2.05, 4.69) is 9.97 Å². The standard InChI is InChI=1S/C11H15N3O3/c1-2-7-5-14(6-9(7)15)10-4-12-8(3-13-10)11(16)17/h3-4,7,9,15H,2,5-6H2,1H3,(H,16,17). The highest BCUT2D eigenvalue weighted by Crippen LogP contribution is 2.23. The molecule has 0 amide bonds. The molecule has 0 bridgehead atoms. The van der Waals surface area contributed by atoms with E-state index in [9.17, 15) is 9.90 Å². The van der Waals surface area contributed by atoms with E-state index in [1.165, 1.54) is 12.4 Å². The highest BCUT2D eigenvalue weighted by Gasteiger charge is 2.30. The Morgan fingerprint density at radius 3 is 2.71 bits per heavy atom. The Labute approximate surface area is 98.9 Å². The van der Waals surface area contributed by atoms with Crippen LogP contribution in [0.4, 0.5) is 5.82 Å². The second-order valence-corrected chi connectivity index (χ2v) is 4.21. The van der Waals surface area contributed by atoms with E-state index in [4.69, 9.17) is 5.11 Å². The van der Waals surface area contributed by atoms with Crippen LogP contribution in [0.5, 0.6) is 0 Å². The third-order valence-corrected chi connectivity index (χ3v) is 3.11.